The first-order valence-electron chi connectivity index (χ1n) is 4.56. The molecule has 0 aliphatic rings. The van der Waals surface area contributed by atoms with Crippen molar-refractivity contribution in [3.8, 4) is 0 Å². The van der Waals surface area contributed by atoms with Crippen LogP contribution in [0, 0.1) is 0 Å². The number of sulfonamides is 1. The normalized spacial score (nSPS) is 11.7. The standard InChI is InChI=1S/C9H13N3O4S/c1-12(2)11-17(15,16)8-4-3-6(9(13)14)5-7(8)10/h3-5,11H,10H2,1-2H3,(H,13,14). The molecule has 0 aromatic heterocycles. The number of nitrogen functional groups attached to an aromatic ring is 1. The molecule has 8 heteroatoms. The maximum absolute atomic E-state index is 11.8. The van der Waals surface area contributed by atoms with Gasteiger partial charge in [0.25, 0.3) is 10.0 Å². The smallest absolute Gasteiger partial charge is 0.335 e. The van der Waals surface area contributed by atoms with Gasteiger partial charge < -0.3 is 10.8 Å². The summed E-state index contributed by atoms with van der Waals surface area (Å²) in [5.41, 5.74) is 5.34. The van der Waals surface area contributed by atoms with Crippen molar-refractivity contribution < 1.29 is 18.3 Å². The number of rotatable bonds is 4. The SMILES string of the molecule is CN(C)NS(=O)(=O)c1ccc(C(=O)O)cc1N. The summed E-state index contributed by atoms with van der Waals surface area (Å²) in [6, 6.07) is 3.44. The van der Waals surface area contributed by atoms with E-state index in [2.05, 4.69) is 4.83 Å². The highest BCUT2D eigenvalue weighted by molar-refractivity contribution is 7.89. The molecule has 0 spiro atoms. The van der Waals surface area contributed by atoms with Crippen molar-refractivity contribution in [3.63, 3.8) is 0 Å². The highest BCUT2D eigenvalue weighted by Gasteiger charge is 2.19. The lowest BCUT2D eigenvalue weighted by Crippen LogP contribution is -2.36. The number of aromatic carboxylic acids is 1. The second-order valence-corrected chi connectivity index (χ2v) is 5.18. The van der Waals surface area contributed by atoms with E-state index in [9.17, 15) is 13.2 Å². The molecule has 1 aromatic rings. The second kappa shape index (κ2) is 4.70. The minimum atomic E-state index is -3.77. The highest BCUT2D eigenvalue weighted by Crippen LogP contribution is 2.19. The molecule has 0 atom stereocenters. The molecular formula is C9H13N3O4S. The summed E-state index contributed by atoms with van der Waals surface area (Å²) < 4.78 is 23.5. The lowest BCUT2D eigenvalue weighted by Gasteiger charge is -2.14. The number of nitrogens with zero attached hydrogens (tertiary/aromatic N) is 1. The number of nitrogens with two attached hydrogens (primary N) is 1. The van der Waals surface area contributed by atoms with E-state index in [1.54, 1.807) is 0 Å². The minimum absolute atomic E-state index is 0.0636. The third-order valence-electron chi connectivity index (χ3n) is 1.85. The van der Waals surface area contributed by atoms with Crippen LogP contribution in [0.25, 0.3) is 0 Å². The summed E-state index contributed by atoms with van der Waals surface area (Å²) in [6.07, 6.45) is 0. The van der Waals surface area contributed by atoms with Crippen molar-refractivity contribution in [2.24, 2.45) is 0 Å². The molecule has 0 amide bonds. The molecule has 0 bridgehead atoms. The first kappa shape index (κ1) is 13.4. The molecule has 0 fully saturated rings. The topological polar surface area (TPSA) is 113 Å². The van der Waals surface area contributed by atoms with Crippen LogP contribution >= 0.6 is 0 Å². The minimum Gasteiger partial charge on any atom is -0.478 e. The van der Waals surface area contributed by atoms with Gasteiger partial charge in [-0.05, 0) is 18.2 Å². The van der Waals surface area contributed by atoms with E-state index in [1.807, 2.05) is 0 Å². The molecule has 7 nitrogen and oxygen atoms in total. The van der Waals surface area contributed by atoms with Crippen molar-refractivity contribution in [3.05, 3.63) is 23.8 Å². The van der Waals surface area contributed by atoms with E-state index in [0.29, 0.717) is 0 Å². The fraction of sp³-hybridized carbons (Fsp3) is 0.222. The number of carbonyl (C=O) groups is 1. The van der Waals surface area contributed by atoms with Crippen LogP contribution in [0.2, 0.25) is 0 Å². The zero-order valence-electron chi connectivity index (χ0n) is 9.34. The van der Waals surface area contributed by atoms with Gasteiger partial charge in [-0.3, -0.25) is 0 Å². The summed E-state index contributed by atoms with van der Waals surface area (Å²) in [5.74, 6) is -1.17. The Kier molecular flexibility index (Phi) is 3.71. The first-order chi connectivity index (χ1) is 7.74. The molecule has 0 unspecified atom stereocenters. The van der Waals surface area contributed by atoms with Crippen LogP contribution < -0.4 is 10.6 Å². The van der Waals surface area contributed by atoms with Crippen molar-refractivity contribution in [2.45, 2.75) is 4.90 Å². The summed E-state index contributed by atoms with van der Waals surface area (Å²) >= 11 is 0. The Labute approximate surface area is 98.9 Å². The monoisotopic (exact) mass is 259 g/mol. The van der Waals surface area contributed by atoms with E-state index in [0.717, 1.165) is 12.1 Å². The van der Waals surface area contributed by atoms with Crippen LogP contribution in [0.15, 0.2) is 23.1 Å². The van der Waals surface area contributed by atoms with Crippen LogP contribution in [0.3, 0.4) is 0 Å². The average Bonchev–Trinajstić information content (AvgIpc) is 2.14. The fourth-order valence-electron chi connectivity index (χ4n) is 1.22. The van der Waals surface area contributed by atoms with Gasteiger partial charge in [0.15, 0.2) is 0 Å². The van der Waals surface area contributed by atoms with Gasteiger partial charge in [-0.1, -0.05) is 0 Å². The van der Waals surface area contributed by atoms with Gasteiger partial charge >= 0.3 is 5.97 Å². The molecule has 0 aliphatic heterocycles. The summed E-state index contributed by atoms with van der Waals surface area (Å²) in [6.45, 7) is 0. The summed E-state index contributed by atoms with van der Waals surface area (Å²) in [7, 11) is -0.748. The molecule has 17 heavy (non-hydrogen) atoms. The molecule has 0 radical (unpaired) electrons. The lowest BCUT2D eigenvalue weighted by molar-refractivity contribution is 0.0697. The number of nitrogens with one attached hydrogen (secondary N) is 1. The van der Waals surface area contributed by atoms with E-state index in [1.165, 1.54) is 25.2 Å². The van der Waals surface area contributed by atoms with Crippen molar-refractivity contribution in [1.29, 1.82) is 0 Å². The molecule has 1 aromatic carbocycles. The maximum atomic E-state index is 11.8. The van der Waals surface area contributed by atoms with Crippen molar-refractivity contribution >= 4 is 21.7 Å². The number of hydrazine groups is 1. The highest BCUT2D eigenvalue weighted by atomic mass is 32.2. The molecule has 0 saturated carbocycles. The molecular weight excluding hydrogens is 246 g/mol. The molecule has 94 valence electrons. The molecule has 0 heterocycles. The van der Waals surface area contributed by atoms with Gasteiger partial charge in [-0.25, -0.2) is 18.2 Å². The van der Waals surface area contributed by atoms with Crippen LogP contribution in [0.1, 0.15) is 10.4 Å². The molecule has 4 N–H and O–H groups in total. The Hall–Kier alpha value is -1.64. The molecule has 0 aliphatic carbocycles. The Morgan fingerprint density at radius 2 is 2.00 bits per heavy atom. The Bertz CT molecular complexity index is 539. The quantitative estimate of drug-likeness (QED) is 0.506. The van der Waals surface area contributed by atoms with Crippen molar-refractivity contribution in [1.82, 2.24) is 9.84 Å². The van der Waals surface area contributed by atoms with Gasteiger partial charge in [0.2, 0.25) is 0 Å². The Morgan fingerprint density at radius 1 is 1.41 bits per heavy atom. The third kappa shape index (κ3) is 3.16. The third-order valence-corrected chi connectivity index (χ3v) is 3.41. The van der Waals surface area contributed by atoms with Gasteiger partial charge in [-0.15, -0.1) is 4.83 Å². The zero-order valence-corrected chi connectivity index (χ0v) is 10.2. The predicted molar refractivity (Wildman–Crippen MR) is 61.8 cm³/mol. The number of benzene rings is 1. The number of carboxylic acids is 1. The largest absolute Gasteiger partial charge is 0.478 e. The predicted octanol–water partition coefficient (Wildman–Crippen LogP) is -0.278. The van der Waals surface area contributed by atoms with E-state index in [-0.39, 0.29) is 16.1 Å². The van der Waals surface area contributed by atoms with Crippen molar-refractivity contribution in [2.75, 3.05) is 19.8 Å². The number of carboxylic acid groups (broad SMARTS) is 1. The van der Waals surface area contributed by atoms with E-state index in [4.69, 9.17) is 10.8 Å². The zero-order chi connectivity index (χ0) is 13.2. The van der Waals surface area contributed by atoms with Gasteiger partial charge in [0.05, 0.1) is 11.3 Å². The maximum Gasteiger partial charge on any atom is 0.335 e. The van der Waals surface area contributed by atoms with E-state index < -0.39 is 16.0 Å². The number of hydrogen-bond donors (Lipinski definition) is 3. The van der Waals surface area contributed by atoms with Crippen LogP contribution in [-0.2, 0) is 10.0 Å². The van der Waals surface area contributed by atoms with Crippen LogP contribution in [0.5, 0.6) is 0 Å². The lowest BCUT2D eigenvalue weighted by atomic mass is 10.2. The van der Waals surface area contributed by atoms with Gasteiger partial charge in [0.1, 0.15) is 4.90 Å². The Balaban J connectivity index is 3.21. The number of anilines is 1. The Morgan fingerprint density at radius 3 is 2.41 bits per heavy atom. The summed E-state index contributed by atoms with van der Waals surface area (Å²) in [4.78, 5) is 12.7. The van der Waals surface area contributed by atoms with Crippen LogP contribution in [0.4, 0.5) is 5.69 Å². The average molecular weight is 259 g/mol. The second-order valence-electron chi connectivity index (χ2n) is 3.55. The van der Waals surface area contributed by atoms with Gasteiger partial charge in [-0.2, -0.15) is 0 Å². The molecule has 1 rings (SSSR count). The summed E-state index contributed by atoms with van der Waals surface area (Å²) in [5, 5.41) is 9.97. The van der Waals surface area contributed by atoms with E-state index >= 15 is 0 Å². The van der Waals surface area contributed by atoms with Crippen LogP contribution in [-0.4, -0.2) is 38.6 Å². The number of hydrogen-bond acceptors (Lipinski definition) is 5. The molecule has 0 saturated heterocycles. The fourth-order valence-corrected chi connectivity index (χ4v) is 2.41. The first-order valence-corrected chi connectivity index (χ1v) is 6.05. The van der Waals surface area contributed by atoms with Gasteiger partial charge in [0, 0.05) is 14.1 Å².